The smallest absolute Gasteiger partial charge is 0.256 e. The van der Waals surface area contributed by atoms with Gasteiger partial charge < -0.3 is 5.32 Å². The van der Waals surface area contributed by atoms with E-state index in [1.165, 1.54) is 11.3 Å². The predicted octanol–water partition coefficient (Wildman–Crippen LogP) is 4.89. The Bertz CT molecular complexity index is 898. The van der Waals surface area contributed by atoms with Gasteiger partial charge in [0.2, 0.25) is 0 Å². The summed E-state index contributed by atoms with van der Waals surface area (Å²) in [6.07, 6.45) is 0.221. The van der Waals surface area contributed by atoms with Gasteiger partial charge in [-0.3, -0.25) is 4.79 Å². The lowest BCUT2D eigenvalue weighted by Crippen LogP contribution is -2.11. The molecular formula is C18H12BrN3OS. The quantitative estimate of drug-likeness (QED) is 0.681. The third-order valence-electron chi connectivity index (χ3n) is 3.28. The molecule has 0 aliphatic heterocycles. The lowest BCUT2D eigenvalue weighted by atomic mass is 10.1. The van der Waals surface area contributed by atoms with Crippen LogP contribution in [-0.2, 0) is 6.42 Å². The number of carbonyl (C=O) groups is 1. The van der Waals surface area contributed by atoms with Crippen molar-refractivity contribution in [1.29, 1.82) is 5.26 Å². The maximum absolute atomic E-state index is 12.5. The molecule has 24 heavy (non-hydrogen) atoms. The van der Waals surface area contributed by atoms with Gasteiger partial charge in [0, 0.05) is 15.6 Å². The first kappa shape index (κ1) is 16.4. The SMILES string of the molecule is N#CCc1nc(-c2ccccc2)c(NC(=O)c2ccc(Br)cc2)s1. The molecule has 0 fully saturated rings. The fourth-order valence-electron chi connectivity index (χ4n) is 2.16. The molecule has 1 heterocycles. The summed E-state index contributed by atoms with van der Waals surface area (Å²) in [4.78, 5) is 17.0. The van der Waals surface area contributed by atoms with E-state index in [1.807, 2.05) is 42.5 Å². The Labute approximate surface area is 151 Å². The minimum Gasteiger partial charge on any atom is -0.312 e. The highest BCUT2D eigenvalue weighted by molar-refractivity contribution is 9.10. The molecule has 118 valence electrons. The highest BCUT2D eigenvalue weighted by atomic mass is 79.9. The largest absolute Gasteiger partial charge is 0.312 e. The number of anilines is 1. The summed E-state index contributed by atoms with van der Waals surface area (Å²) >= 11 is 4.68. The van der Waals surface area contributed by atoms with Crippen molar-refractivity contribution in [3.05, 3.63) is 69.6 Å². The number of rotatable bonds is 4. The van der Waals surface area contributed by atoms with Crippen LogP contribution in [0.4, 0.5) is 5.00 Å². The summed E-state index contributed by atoms with van der Waals surface area (Å²) in [5.74, 6) is -0.202. The Morgan fingerprint density at radius 1 is 1.17 bits per heavy atom. The normalized spacial score (nSPS) is 10.2. The van der Waals surface area contributed by atoms with Gasteiger partial charge in [0.1, 0.15) is 15.7 Å². The number of thiazole rings is 1. The van der Waals surface area contributed by atoms with Gasteiger partial charge >= 0.3 is 0 Å². The minimum atomic E-state index is -0.202. The number of hydrogen-bond acceptors (Lipinski definition) is 4. The number of amides is 1. The molecule has 3 rings (SSSR count). The molecule has 0 bridgehead atoms. The molecular weight excluding hydrogens is 386 g/mol. The van der Waals surface area contributed by atoms with E-state index in [2.05, 4.69) is 32.3 Å². The fraction of sp³-hybridized carbons (Fsp3) is 0.0556. The fourth-order valence-corrected chi connectivity index (χ4v) is 3.34. The van der Waals surface area contributed by atoms with Crippen molar-refractivity contribution in [2.75, 3.05) is 5.32 Å². The van der Waals surface area contributed by atoms with Crippen LogP contribution in [0.1, 0.15) is 15.4 Å². The van der Waals surface area contributed by atoms with Crippen molar-refractivity contribution in [3.63, 3.8) is 0 Å². The van der Waals surface area contributed by atoms with E-state index in [4.69, 9.17) is 5.26 Å². The number of nitrogens with zero attached hydrogens (tertiary/aromatic N) is 2. The Hall–Kier alpha value is -2.49. The molecule has 4 nitrogen and oxygen atoms in total. The molecule has 1 N–H and O–H groups in total. The molecule has 0 saturated carbocycles. The topological polar surface area (TPSA) is 65.8 Å². The van der Waals surface area contributed by atoms with E-state index < -0.39 is 0 Å². The second kappa shape index (κ2) is 7.39. The summed E-state index contributed by atoms with van der Waals surface area (Å²) in [5.41, 5.74) is 2.16. The van der Waals surface area contributed by atoms with Gasteiger partial charge in [0.25, 0.3) is 5.91 Å². The first-order valence-corrected chi connectivity index (χ1v) is 8.77. The summed E-state index contributed by atoms with van der Waals surface area (Å²) < 4.78 is 0.915. The second-order valence-electron chi connectivity index (χ2n) is 4.95. The lowest BCUT2D eigenvalue weighted by molar-refractivity contribution is 0.102. The molecule has 0 aliphatic rings. The highest BCUT2D eigenvalue weighted by Gasteiger charge is 2.16. The third-order valence-corrected chi connectivity index (χ3v) is 4.78. The van der Waals surface area contributed by atoms with Gasteiger partial charge in [-0.2, -0.15) is 5.26 Å². The van der Waals surface area contributed by atoms with E-state index in [9.17, 15) is 4.79 Å². The Kier molecular flexibility index (Phi) is 5.04. The lowest BCUT2D eigenvalue weighted by Gasteiger charge is -2.05. The number of nitrogens with one attached hydrogen (secondary N) is 1. The number of benzene rings is 2. The monoisotopic (exact) mass is 397 g/mol. The van der Waals surface area contributed by atoms with E-state index in [-0.39, 0.29) is 12.3 Å². The first-order valence-electron chi connectivity index (χ1n) is 7.16. The second-order valence-corrected chi connectivity index (χ2v) is 6.95. The number of carbonyl (C=O) groups excluding carboxylic acids is 1. The molecule has 3 aromatic rings. The van der Waals surface area contributed by atoms with Crippen LogP contribution < -0.4 is 5.32 Å². The first-order chi connectivity index (χ1) is 11.7. The number of hydrogen-bond donors (Lipinski definition) is 1. The Morgan fingerprint density at radius 3 is 2.54 bits per heavy atom. The molecule has 0 atom stereocenters. The summed E-state index contributed by atoms with van der Waals surface area (Å²) in [5, 5.41) is 13.2. The zero-order chi connectivity index (χ0) is 16.9. The zero-order valence-corrected chi connectivity index (χ0v) is 14.9. The maximum atomic E-state index is 12.5. The van der Waals surface area contributed by atoms with E-state index >= 15 is 0 Å². The standard InChI is InChI=1S/C18H12BrN3OS/c19-14-8-6-13(7-9-14)17(23)22-18-16(12-4-2-1-3-5-12)21-15(24-18)10-11-20/h1-9H,10H2,(H,22,23). The van der Waals surface area contributed by atoms with Gasteiger partial charge in [-0.25, -0.2) is 4.98 Å². The van der Waals surface area contributed by atoms with Gasteiger partial charge in [-0.1, -0.05) is 57.6 Å². The van der Waals surface area contributed by atoms with Crippen molar-refractivity contribution in [1.82, 2.24) is 4.98 Å². The average molecular weight is 398 g/mol. The van der Waals surface area contributed by atoms with Crippen LogP contribution in [0.5, 0.6) is 0 Å². The zero-order valence-electron chi connectivity index (χ0n) is 12.5. The number of nitriles is 1. The van der Waals surface area contributed by atoms with Crippen LogP contribution in [0, 0.1) is 11.3 Å². The molecule has 0 unspecified atom stereocenters. The molecule has 0 saturated heterocycles. The average Bonchev–Trinajstić information content (AvgIpc) is 2.99. The van der Waals surface area contributed by atoms with Crippen LogP contribution in [-0.4, -0.2) is 10.9 Å². The molecule has 1 amide bonds. The summed E-state index contributed by atoms with van der Waals surface area (Å²) in [7, 11) is 0. The van der Waals surface area contributed by atoms with E-state index in [1.54, 1.807) is 12.1 Å². The molecule has 2 aromatic carbocycles. The van der Waals surface area contributed by atoms with Gasteiger partial charge in [-0.05, 0) is 24.3 Å². The van der Waals surface area contributed by atoms with E-state index in [0.717, 1.165) is 10.0 Å². The van der Waals surface area contributed by atoms with Crippen LogP contribution in [0.15, 0.2) is 59.1 Å². The summed E-state index contributed by atoms with van der Waals surface area (Å²) in [6.45, 7) is 0. The van der Waals surface area contributed by atoms with Crippen molar-refractivity contribution in [3.8, 4) is 17.3 Å². The van der Waals surface area contributed by atoms with Crippen LogP contribution in [0.25, 0.3) is 11.3 Å². The molecule has 0 aliphatic carbocycles. The molecule has 0 spiro atoms. The molecule has 6 heteroatoms. The maximum Gasteiger partial charge on any atom is 0.256 e. The molecule has 1 aromatic heterocycles. The Balaban J connectivity index is 1.93. The summed E-state index contributed by atoms with van der Waals surface area (Å²) in [6, 6.07) is 18.9. The molecule has 0 radical (unpaired) electrons. The van der Waals surface area contributed by atoms with Crippen molar-refractivity contribution >= 4 is 38.2 Å². The van der Waals surface area contributed by atoms with Crippen LogP contribution in [0.2, 0.25) is 0 Å². The van der Waals surface area contributed by atoms with Crippen LogP contribution in [0.3, 0.4) is 0 Å². The predicted molar refractivity (Wildman–Crippen MR) is 99.0 cm³/mol. The number of halogens is 1. The van der Waals surface area contributed by atoms with Crippen molar-refractivity contribution in [2.45, 2.75) is 6.42 Å². The van der Waals surface area contributed by atoms with Crippen molar-refractivity contribution < 1.29 is 4.79 Å². The van der Waals surface area contributed by atoms with Gasteiger partial charge in [-0.15, -0.1) is 0 Å². The van der Waals surface area contributed by atoms with Crippen molar-refractivity contribution in [2.24, 2.45) is 0 Å². The van der Waals surface area contributed by atoms with E-state index in [0.29, 0.717) is 21.3 Å². The number of aromatic nitrogens is 1. The van der Waals surface area contributed by atoms with Crippen LogP contribution >= 0.6 is 27.3 Å². The highest BCUT2D eigenvalue weighted by Crippen LogP contribution is 2.33. The van der Waals surface area contributed by atoms with Gasteiger partial charge in [0.15, 0.2) is 0 Å². The minimum absolute atomic E-state index is 0.202. The Morgan fingerprint density at radius 2 is 1.88 bits per heavy atom. The van der Waals surface area contributed by atoms with Gasteiger partial charge in [0.05, 0.1) is 12.5 Å². The third kappa shape index (κ3) is 3.70.